The summed E-state index contributed by atoms with van der Waals surface area (Å²) >= 11 is 1.33. The number of aromatic nitrogens is 4. The van der Waals surface area contributed by atoms with Gasteiger partial charge in [-0.15, -0.1) is 16.4 Å². The number of amides is 1. The molecule has 0 saturated carbocycles. The molecule has 100 valence electrons. The summed E-state index contributed by atoms with van der Waals surface area (Å²) in [7, 11) is 0. The van der Waals surface area contributed by atoms with Gasteiger partial charge >= 0.3 is 5.97 Å². The Labute approximate surface area is 112 Å². The van der Waals surface area contributed by atoms with Crippen LogP contribution in [0.3, 0.4) is 0 Å². The second-order valence-corrected chi connectivity index (χ2v) is 4.45. The van der Waals surface area contributed by atoms with Crippen molar-refractivity contribution < 1.29 is 14.4 Å². The van der Waals surface area contributed by atoms with Crippen LogP contribution in [0.1, 0.15) is 20.3 Å². The summed E-state index contributed by atoms with van der Waals surface area (Å²) in [6.45, 7) is 3.07. The molecule has 0 atom stereocenters. The van der Waals surface area contributed by atoms with E-state index in [2.05, 4.69) is 20.8 Å². The molecule has 1 N–H and O–H groups in total. The molecule has 0 spiro atoms. The van der Waals surface area contributed by atoms with Crippen molar-refractivity contribution >= 4 is 28.9 Å². The molecule has 8 nitrogen and oxygen atoms in total. The Hall–Kier alpha value is -2.29. The molecule has 0 aromatic carbocycles. The summed E-state index contributed by atoms with van der Waals surface area (Å²) in [5.41, 5.74) is 0.570. The van der Waals surface area contributed by atoms with Gasteiger partial charge in [-0.25, -0.2) is 4.79 Å². The largest absolute Gasteiger partial charge is 0.334 e. The van der Waals surface area contributed by atoms with E-state index in [4.69, 9.17) is 4.84 Å². The summed E-state index contributed by atoms with van der Waals surface area (Å²) in [4.78, 5) is 28.9. The number of hydrogen-bond acceptors (Lipinski definition) is 7. The third kappa shape index (κ3) is 2.94. The van der Waals surface area contributed by atoms with Gasteiger partial charge in [0, 0.05) is 13.3 Å². The third-order valence-corrected chi connectivity index (χ3v) is 3.01. The van der Waals surface area contributed by atoms with E-state index < -0.39 is 5.97 Å². The van der Waals surface area contributed by atoms with E-state index in [1.807, 2.05) is 0 Å². The highest BCUT2D eigenvalue weighted by atomic mass is 32.1. The van der Waals surface area contributed by atoms with E-state index in [-0.39, 0.29) is 18.2 Å². The van der Waals surface area contributed by atoms with Crippen LogP contribution in [0.4, 0.5) is 5.69 Å². The smallest absolute Gasteiger partial charge is 0.325 e. The first-order valence-electron chi connectivity index (χ1n) is 5.46. The van der Waals surface area contributed by atoms with Gasteiger partial charge in [-0.05, 0) is 26.7 Å². The Bertz CT molecular complexity index is 606. The zero-order valence-electron chi connectivity index (χ0n) is 10.3. The molecule has 2 aromatic rings. The van der Waals surface area contributed by atoms with Crippen LogP contribution in [0.2, 0.25) is 0 Å². The Morgan fingerprint density at radius 1 is 1.53 bits per heavy atom. The average Bonchev–Trinajstić information content (AvgIpc) is 2.97. The number of hydrogen-bond donors (Lipinski definition) is 1. The number of carbonyl (C=O) groups excluding carboxylic acids is 2. The van der Waals surface area contributed by atoms with Gasteiger partial charge in [0.15, 0.2) is 0 Å². The van der Waals surface area contributed by atoms with Crippen molar-refractivity contribution in [2.75, 3.05) is 5.32 Å². The molecule has 1 amide bonds. The fourth-order valence-electron chi connectivity index (χ4n) is 1.30. The highest BCUT2D eigenvalue weighted by molar-refractivity contribution is 7.14. The van der Waals surface area contributed by atoms with Crippen LogP contribution in [0.15, 0.2) is 11.4 Å². The number of carbonyl (C=O) groups is 2. The van der Waals surface area contributed by atoms with E-state index in [0.29, 0.717) is 10.6 Å². The van der Waals surface area contributed by atoms with Crippen molar-refractivity contribution in [3.63, 3.8) is 0 Å². The van der Waals surface area contributed by atoms with Crippen LogP contribution in [0.25, 0.3) is 10.7 Å². The first-order chi connectivity index (χ1) is 9.11. The molecule has 9 heteroatoms. The van der Waals surface area contributed by atoms with E-state index in [1.54, 1.807) is 18.4 Å². The molecular weight excluding hydrogens is 270 g/mol. The molecule has 0 aliphatic heterocycles. The summed E-state index contributed by atoms with van der Waals surface area (Å²) in [5.74, 6) is -0.393. The Morgan fingerprint density at radius 2 is 2.32 bits per heavy atom. The molecule has 0 aliphatic rings. The zero-order chi connectivity index (χ0) is 13.8. The van der Waals surface area contributed by atoms with Crippen molar-refractivity contribution in [2.45, 2.75) is 20.3 Å². The molecule has 2 rings (SSSR count). The van der Waals surface area contributed by atoms with Gasteiger partial charge in [-0.3, -0.25) is 4.79 Å². The first kappa shape index (κ1) is 13.1. The van der Waals surface area contributed by atoms with Gasteiger partial charge in [0.2, 0.25) is 11.7 Å². The van der Waals surface area contributed by atoms with Crippen molar-refractivity contribution in [1.82, 2.24) is 20.4 Å². The van der Waals surface area contributed by atoms with Gasteiger partial charge in [-0.2, -0.15) is 0 Å². The highest BCUT2D eigenvalue weighted by Crippen LogP contribution is 2.31. The number of nitrogens with one attached hydrogen (secondary N) is 1. The SMILES string of the molecule is CCC(=O)On1nnnc1-c1sccc1NC(C)=O. The predicted octanol–water partition coefficient (Wildman–Crippen LogP) is 0.725. The van der Waals surface area contributed by atoms with Crippen molar-refractivity contribution in [2.24, 2.45) is 0 Å². The number of rotatable bonds is 4. The summed E-state index contributed by atoms with van der Waals surface area (Å²) in [6.07, 6.45) is 0.211. The quantitative estimate of drug-likeness (QED) is 0.829. The second-order valence-electron chi connectivity index (χ2n) is 3.54. The summed E-state index contributed by atoms with van der Waals surface area (Å²) in [6, 6.07) is 1.72. The van der Waals surface area contributed by atoms with Crippen LogP contribution >= 0.6 is 11.3 Å². The summed E-state index contributed by atoms with van der Waals surface area (Å²) < 4.78 is 0. The molecule has 2 aromatic heterocycles. The maximum Gasteiger partial charge on any atom is 0.334 e. The second kappa shape index (κ2) is 5.57. The summed E-state index contributed by atoms with van der Waals surface area (Å²) in [5, 5.41) is 15.3. The van der Waals surface area contributed by atoms with Crippen LogP contribution in [0, 0.1) is 0 Å². The fraction of sp³-hybridized carbons (Fsp3) is 0.300. The number of tetrazole rings is 1. The molecule has 0 bridgehead atoms. The number of anilines is 1. The Morgan fingerprint density at radius 3 is 3.00 bits per heavy atom. The fourth-order valence-corrected chi connectivity index (χ4v) is 2.12. The minimum atomic E-state index is -0.453. The maximum absolute atomic E-state index is 11.3. The zero-order valence-corrected chi connectivity index (χ0v) is 11.1. The van der Waals surface area contributed by atoms with Gasteiger partial charge in [-0.1, -0.05) is 6.92 Å². The normalized spacial score (nSPS) is 10.2. The molecule has 0 fully saturated rings. The standard InChI is InChI=1S/C10H11N5O3S/c1-3-8(17)18-15-10(12-13-14-15)9-7(4-5-19-9)11-6(2)16/h4-5H,3H2,1-2H3,(H,11,16). The maximum atomic E-state index is 11.3. The Kier molecular flexibility index (Phi) is 3.85. The molecule has 0 saturated heterocycles. The van der Waals surface area contributed by atoms with Crippen LogP contribution < -0.4 is 10.2 Å². The average molecular weight is 281 g/mol. The van der Waals surface area contributed by atoms with Gasteiger partial charge < -0.3 is 10.2 Å². The predicted molar refractivity (Wildman–Crippen MR) is 67.3 cm³/mol. The van der Waals surface area contributed by atoms with E-state index >= 15 is 0 Å². The van der Waals surface area contributed by atoms with E-state index in [0.717, 1.165) is 4.85 Å². The van der Waals surface area contributed by atoms with Gasteiger partial charge in [0.05, 0.1) is 5.69 Å². The van der Waals surface area contributed by atoms with E-state index in [1.165, 1.54) is 18.3 Å². The van der Waals surface area contributed by atoms with E-state index in [9.17, 15) is 9.59 Å². The minimum absolute atomic E-state index is 0.204. The van der Waals surface area contributed by atoms with Crippen molar-refractivity contribution in [1.29, 1.82) is 0 Å². The molecule has 0 unspecified atom stereocenters. The topological polar surface area (TPSA) is 99.0 Å². The number of thiophene rings is 1. The highest BCUT2D eigenvalue weighted by Gasteiger charge is 2.18. The van der Waals surface area contributed by atoms with Crippen LogP contribution in [-0.2, 0) is 9.59 Å². The lowest BCUT2D eigenvalue weighted by molar-refractivity contribution is -0.145. The molecular formula is C10H11N5O3S. The van der Waals surface area contributed by atoms with Crippen LogP contribution in [0.5, 0.6) is 0 Å². The van der Waals surface area contributed by atoms with Crippen molar-refractivity contribution in [3.05, 3.63) is 11.4 Å². The minimum Gasteiger partial charge on any atom is -0.325 e. The molecule has 2 heterocycles. The number of nitrogens with zero attached hydrogens (tertiary/aromatic N) is 4. The van der Waals surface area contributed by atoms with Gasteiger partial charge in [0.25, 0.3) is 0 Å². The monoisotopic (exact) mass is 281 g/mol. The van der Waals surface area contributed by atoms with Gasteiger partial charge in [0.1, 0.15) is 4.88 Å². The van der Waals surface area contributed by atoms with Crippen LogP contribution in [-0.4, -0.2) is 32.2 Å². The molecule has 0 radical (unpaired) electrons. The lowest BCUT2D eigenvalue weighted by atomic mass is 10.3. The molecule has 19 heavy (non-hydrogen) atoms. The Balaban J connectivity index is 2.32. The first-order valence-corrected chi connectivity index (χ1v) is 6.34. The lowest BCUT2D eigenvalue weighted by Gasteiger charge is -2.04. The molecule has 0 aliphatic carbocycles. The van der Waals surface area contributed by atoms with Crippen molar-refractivity contribution in [3.8, 4) is 10.7 Å². The third-order valence-electron chi connectivity index (χ3n) is 2.10. The lowest BCUT2D eigenvalue weighted by Crippen LogP contribution is -2.21.